The number of hydrogen-bond acceptors (Lipinski definition) is 5. The number of nitrogens with zero attached hydrogens (tertiary/aromatic N) is 3. The first-order valence-electron chi connectivity index (χ1n) is 10.4. The predicted octanol–water partition coefficient (Wildman–Crippen LogP) is 5.43. The quantitative estimate of drug-likeness (QED) is 0.455. The van der Waals surface area contributed by atoms with E-state index in [0.29, 0.717) is 47.9 Å². The van der Waals surface area contributed by atoms with Gasteiger partial charge in [0.25, 0.3) is 6.43 Å². The van der Waals surface area contributed by atoms with E-state index < -0.39 is 13.0 Å². The monoisotopic (exact) mass is 465 g/mol. The molecule has 0 saturated heterocycles. The van der Waals surface area contributed by atoms with Gasteiger partial charge in [-0.05, 0) is 44.2 Å². The Hall–Kier alpha value is -3.14. The van der Waals surface area contributed by atoms with Crippen molar-refractivity contribution in [1.29, 1.82) is 0 Å². The fourth-order valence-corrected chi connectivity index (χ4v) is 4.00. The molecule has 3 heterocycles. The molecule has 0 unspecified atom stereocenters. The van der Waals surface area contributed by atoms with Gasteiger partial charge in [0, 0.05) is 28.9 Å². The third-order valence-electron chi connectivity index (χ3n) is 5.36. The Balaban J connectivity index is 1.88. The van der Waals surface area contributed by atoms with E-state index in [1.54, 1.807) is 25.1 Å². The highest BCUT2D eigenvalue weighted by Crippen LogP contribution is 2.37. The molecule has 10 heteroatoms. The molecule has 1 aliphatic heterocycles. The minimum Gasteiger partial charge on any atom is -0.493 e. The summed E-state index contributed by atoms with van der Waals surface area (Å²) in [4.78, 5) is 8.73. The van der Waals surface area contributed by atoms with Crippen LogP contribution in [0.25, 0.3) is 22.6 Å². The summed E-state index contributed by atoms with van der Waals surface area (Å²) in [5.74, 6) is 0.582. The van der Waals surface area contributed by atoms with Gasteiger partial charge < -0.3 is 18.8 Å². The van der Waals surface area contributed by atoms with Gasteiger partial charge in [0.2, 0.25) is 0 Å². The number of rotatable bonds is 6. The van der Waals surface area contributed by atoms with E-state index in [0.717, 1.165) is 5.69 Å². The number of imidazole rings is 1. The lowest BCUT2D eigenvalue weighted by Gasteiger charge is -2.14. The van der Waals surface area contributed by atoms with Crippen LogP contribution in [0.1, 0.15) is 30.4 Å². The molecule has 33 heavy (non-hydrogen) atoms. The number of aryl methyl sites for hydroxylation is 1. The normalized spacial score (nSPS) is 16.1. The largest absolute Gasteiger partial charge is 0.493 e. The molecule has 2 aromatic heterocycles. The van der Waals surface area contributed by atoms with Gasteiger partial charge in [-0.15, -0.1) is 0 Å². The molecule has 0 spiro atoms. The zero-order valence-corrected chi connectivity index (χ0v) is 18.3. The summed E-state index contributed by atoms with van der Waals surface area (Å²) in [7, 11) is 1.36. The number of aromatic nitrogens is 3. The topological polar surface area (TPSA) is 58.4 Å². The van der Waals surface area contributed by atoms with Crippen molar-refractivity contribution in [3.63, 3.8) is 0 Å². The molecule has 1 aromatic carbocycles. The van der Waals surface area contributed by atoms with Crippen LogP contribution >= 0.6 is 0 Å². The first kappa shape index (κ1) is 23.0. The van der Waals surface area contributed by atoms with Gasteiger partial charge in [0.1, 0.15) is 11.5 Å². The highest BCUT2D eigenvalue weighted by molar-refractivity contribution is 5.70. The lowest BCUT2D eigenvalue weighted by atomic mass is 10.1. The summed E-state index contributed by atoms with van der Waals surface area (Å²) in [6.45, 7) is 1.54. The highest BCUT2D eigenvalue weighted by atomic mass is 19.3. The molecule has 6 nitrogen and oxygen atoms in total. The number of fused-ring (bicyclic) bond motifs is 1. The van der Waals surface area contributed by atoms with Crippen molar-refractivity contribution in [1.82, 2.24) is 14.5 Å². The second-order valence-electron chi connectivity index (χ2n) is 7.74. The summed E-state index contributed by atoms with van der Waals surface area (Å²) in [6.07, 6.45) is -2.28. The van der Waals surface area contributed by atoms with Gasteiger partial charge in [-0.1, -0.05) is 0 Å². The Kier molecular flexibility index (Phi) is 6.55. The summed E-state index contributed by atoms with van der Waals surface area (Å²) < 4.78 is 69.8. The standard InChI is InChI=1S/C23H23F4N3O3/c1-12-8-15(9-16(28-12)21(24)25)20-17-6-7-32-13(2)11-30(17)22(29-20)14-4-5-18(33-23(26)27)19(10-14)31-3/h4-5,8-10,13,21,23H,6-7,11H2,1-3H3/t13-/m1/s1. The minimum atomic E-state index is -2.99. The molecule has 0 aliphatic carbocycles. The molecule has 0 amide bonds. The van der Waals surface area contributed by atoms with Crippen LogP contribution in [0.5, 0.6) is 11.5 Å². The summed E-state index contributed by atoms with van der Waals surface area (Å²) in [5.41, 5.74) is 2.68. The van der Waals surface area contributed by atoms with Crippen molar-refractivity contribution in [2.24, 2.45) is 0 Å². The zero-order valence-electron chi connectivity index (χ0n) is 18.3. The summed E-state index contributed by atoms with van der Waals surface area (Å²) in [5, 5.41) is 0. The Labute approximate surface area is 188 Å². The SMILES string of the molecule is COc1cc(-c2nc(-c3cc(C)nc(C(F)F)c3)c3n2C[C@@H](C)OCC3)ccc1OC(F)F. The smallest absolute Gasteiger partial charge is 0.387 e. The Morgan fingerprint density at radius 3 is 2.55 bits per heavy atom. The van der Waals surface area contributed by atoms with Crippen LogP contribution in [0.2, 0.25) is 0 Å². The number of ether oxygens (including phenoxy) is 3. The van der Waals surface area contributed by atoms with Crippen LogP contribution in [0.15, 0.2) is 30.3 Å². The van der Waals surface area contributed by atoms with Crippen LogP contribution < -0.4 is 9.47 Å². The number of alkyl halides is 4. The van der Waals surface area contributed by atoms with Crippen molar-refractivity contribution < 1.29 is 31.8 Å². The van der Waals surface area contributed by atoms with Gasteiger partial charge in [0.15, 0.2) is 11.5 Å². The van der Waals surface area contributed by atoms with Crippen molar-refractivity contribution >= 4 is 0 Å². The third kappa shape index (κ3) is 4.80. The molecule has 0 fully saturated rings. The van der Waals surface area contributed by atoms with Crippen molar-refractivity contribution in [3.8, 4) is 34.1 Å². The maximum atomic E-state index is 13.4. The fourth-order valence-electron chi connectivity index (χ4n) is 4.00. The average Bonchev–Trinajstić information content (AvgIpc) is 2.99. The molecule has 1 atom stereocenters. The number of benzene rings is 1. The van der Waals surface area contributed by atoms with Gasteiger partial charge >= 0.3 is 6.61 Å². The van der Waals surface area contributed by atoms with E-state index in [2.05, 4.69) is 9.72 Å². The number of hydrogen-bond donors (Lipinski definition) is 0. The summed E-state index contributed by atoms with van der Waals surface area (Å²) >= 11 is 0. The van der Waals surface area contributed by atoms with E-state index >= 15 is 0 Å². The van der Waals surface area contributed by atoms with Crippen molar-refractivity contribution in [3.05, 3.63) is 47.4 Å². The fraction of sp³-hybridized carbons (Fsp3) is 0.391. The third-order valence-corrected chi connectivity index (χ3v) is 5.36. The molecule has 0 N–H and O–H groups in total. The zero-order chi connectivity index (χ0) is 23.7. The van der Waals surface area contributed by atoms with Crippen LogP contribution in [-0.4, -0.2) is 41.0 Å². The van der Waals surface area contributed by atoms with E-state index in [1.165, 1.54) is 19.2 Å². The van der Waals surface area contributed by atoms with Crippen molar-refractivity contribution in [2.45, 2.75) is 46.0 Å². The Bertz CT molecular complexity index is 1150. The van der Waals surface area contributed by atoms with Gasteiger partial charge in [-0.3, -0.25) is 4.98 Å². The Morgan fingerprint density at radius 2 is 1.85 bits per heavy atom. The molecule has 0 saturated carbocycles. The van der Waals surface area contributed by atoms with Gasteiger partial charge in [-0.2, -0.15) is 8.78 Å². The first-order chi connectivity index (χ1) is 15.8. The van der Waals surface area contributed by atoms with Crippen LogP contribution in [-0.2, 0) is 17.7 Å². The number of pyridine rings is 1. The maximum absolute atomic E-state index is 13.4. The molecular weight excluding hydrogens is 442 g/mol. The van der Waals surface area contributed by atoms with E-state index in [9.17, 15) is 17.6 Å². The lowest BCUT2D eigenvalue weighted by Crippen LogP contribution is -2.15. The molecule has 0 radical (unpaired) electrons. The maximum Gasteiger partial charge on any atom is 0.387 e. The van der Waals surface area contributed by atoms with E-state index in [1.807, 2.05) is 11.5 Å². The van der Waals surface area contributed by atoms with Crippen LogP contribution in [0.3, 0.4) is 0 Å². The summed E-state index contributed by atoms with van der Waals surface area (Å²) in [6, 6.07) is 7.63. The first-order valence-corrected chi connectivity index (χ1v) is 10.4. The number of methoxy groups -OCH3 is 1. The van der Waals surface area contributed by atoms with Crippen LogP contribution in [0.4, 0.5) is 17.6 Å². The molecule has 176 valence electrons. The average molecular weight is 465 g/mol. The molecule has 1 aliphatic rings. The molecule has 4 rings (SSSR count). The minimum absolute atomic E-state index is 0.0952. The molecule has 3 aromatic rings. The molecule has 0 bridgehead atoms. The lowest BCUT2D eigenvalue weighted by molar-refractivity contribution is -0.0512. The number of halogens is 4. The van der Waals surface area contributed by atoms with E-state index in [-0.39, 0.29) is 23.3 Å². The second-order valence-corrected chi connectivity index (χ2v) is 7.74. The predicted molar refractivity (Wildman–Crippen MR) is 113 cm³/mol. The Morgan fingerprint density at radius 1 is 1.06 bits per heavy atom. The highest BCUT2D eigenvalue weighted by Gasteiger charge is 2.25. The molecular formula is C23H23F4N3O3. The van der Waals surface area contributed by atoms with Crippen molar-refractivity contribution in [2.75, 3.05) is 13.7 Å². The van der Waals surface area contributed by atoms with Gasteiger partial charge in [-0.25, -0.2) is 13.8 Å². The van der Waals surface area contributed by atoms with Crippen LogP contribution in [0, 0.1) is 6.92 Å². The second kappa shape index (κ2) is 9.38. The van der Waals surface area contributed by atoms with E-state index in [4.69, 9.17) is 14.5 Å². The van der Waals surface area contributed by atoms with Gasteiger partial charge in [0.05, 0.1) is 32.1 Å².